The predicted molar refractivity (Wildman–Crippen MR) is 135 cm³/mol. The minimum atomic E-state index is -2.20. The van der Waals surface area contributed by atoms with Gasteiger partial charge in [0.05, 0.1) is 17.3 Å². The van der Waals surface area contributed by atoms with E-state index < -0.39 is 16.6 Å². The van der Waals surface area contributed by atoms with Crippen molar-refractivity contribution in [2.75, 3.05) is 0 Å². The fourth-order valence-electron chi connectivity index (χ4n) is 4.15. The van der Waals surface area contributed by atoms with E-state index in [-0.39, 0.29) is 16.1 Å². The molecule has 0 aliphatic carbocycles. The zero-order chi connectivity index (χ0) is 23.7. The molecule has 3 N–H and O–H groups in total. The molecule has 1 saturated heterocycles. The van der Waals surface area contributed by atoms with Gasteiger partial charge in [-0.25, -0.2) is 0 Å². The van der Waals surface area contributed by atoms with Gasteiger partial charge in [-0.2, -0.15) is 5.26 Å². The number of rotatable bonds is 9. The molecular formula is C24H45N3O2Si2. The molecular weight excluding hydrogens is 418 g/mol. The summed E-state index contributed by atoms with van der Waals surface area (Å²) < 4.78 is 0. The Balaban J connectivity index is 1.99. The van der Waals surface area contributed by atoms with E-state index in [0.29, 0.717) is 6.04 Å². The summed E-state index contributed by atoms with van der Waals surface area (Å²) in [4.78, 5) is 26.0. The van der Waals surface area contributed by atoms with Gasteiger partial charge in [-0.3, -0.25) is 4.99 Å². The van der Waals surface area contributed by atoms with Gasteiger partial charge in [-0.1, -0.05) is 27.7 Å². The molecule has 2 heterocycles. The summed E-state index contributed by atoms with van der Waals surface area (Å²) in [5.41, 5.74) is 2.80. The monoisotopic (exact) mass is 463 g/mol. The van der Waals surface area contributed by atoms with Crippen LogP contribution >= 0.6 is 0 Å². The SMILES string of the molecule is CC(C)(CC[C@@H]1CCC(/C(C#N)=C2/CC[C@@H](CCC(C)(C)[Si](C)(C)O)N2)=N1)[Si](C)(C)O. The molecule has 31 heavy (non-hydrogen) atoms. The highest BCUT2D eigenvalue weighted by molar-refractivity contribution is 6.73. The molecule has 2 rings (SSSR count). The summed E-state index contributed by atoms with van der Waals surface area (Å²) in [5, 5.41) is 13.4. The van der Waals surface area contributed by atoms with Crippen molar-refractivity contribution in [3.8, 4) is 6.07 Å². The Bertz CT molecular complexity index is 752. The van der Waals surface area contributed by atoms with Crippen LogP contribution in [0, 0.1) is 11.3 Å². The van der Waals surface area contributed by atoms with E-state index in [4.69, 9.17) is 4.99 Å². The highest BCUT2D eigenvalue weighted by Crippen LogP contribution is 2.42. The topological polar surface area (TPSA) is 88.6 Å². The average molecular weight is 464 g/mol. The molecule has 2 aliphatic heterocycles. The molecule has 2 atom stereocenters. The van der Waals surface area contributed by atoms with Crippen molar-refractivity contribution >= 4 is 22.3 Å². The maximum atomic E-state index is 10.5. The molecule has 0 saturated carbocycles. The lowest BCUT2D eigenvalue weighted by Gasteiger charge is -2.35. The van der Waals surface area contributed by atoms with Gasteiger partial charge >= 0.3 is 0 Å². The van der Waals surface area contributed by atoms with E-state index in [1.165, 1.54) is 0 Å². The highest BCUT2D eigenvalue weighted by atomic mass is 28.4. The Kier molecular flexibility index (Phi) is 8.06. The smallest absolute Gasteiger partial charge is 0.188 e. The van der Waals surface area contributed by atoms with Crippen LogP contribution in [-0.2, 0) is 0 Å². The largest absolute Gasteiger partial charge is 0.432 e. The maximum absolute atomic E-state index is 10.5. The molecule has 1 fully saturated rings. The fourth-order valence-corrected chi connectivity index (χ4v) is 5.67. The third-order valence-corrected chi connectivity index (χ3v) is 15.5. The molecule has 0 amide bonds. The van der Waals surface area contributed by atoms with Gasteiger partial charge < -0.3 is 14.9 Å². The van der Waals surface area contributed by atoms with Gasteiger partial charge in [0.2, 0.25) is 0 Å². The first kappa shape index (κ1) is 26.3. The number of nitriles is 1. The molecule has 0 aromatic rings. The van der Waals surface area contributed by atoms with Gasteiger partial charge in [-0.15, -0.1) is 0 Å². The Hall–Kier alpha value is -0.946. The normalized spacial score (nSPS) is 24.6. The zero-order valence-electron chi connectivity index (χ0n) is 21.1. The van der Waals surface area contributed by atoms with E-state index in [1.54, 1.807) is 0 Å². The van der Waals surface area contributed by atoms with Crippen LogP contribution in [0.3, 0.4) is 0 Å². The summed E-state index contributed by atoms with van der Waals surface area (Å²) in [6, 6.07) is 3.09. The van der Waals surface area contributed by atoms with Crippen LogP contribution in [0.4, 0.5) is 0 Å². The molecule has 0 radical (unpaired) electrons. The lowest BCUT2D eigenvalue weighted by molar-refractivity contribution is 0.418. The standard InChI is InChI=1S/C24H45N3O2Si2/c1-23(2,30(5,6)28)15-13-18-9-11-21(26-18)20(17-25)22-12-10-19(27-22)14-16-24(3,4)31(7,8)29/h18-19,26,28-29H,9-16H2,1-8H3/b21-20-/t18-,19-/m0/s1. The Morgan fingerprint density at radius 3 is 2.06 bits per heavy atom. The van der Waals surface area contributed by atoms with E-state index in [9.17, 15) is 14.9 Å². The predicted octanol–water partition coefficient (Wildman–Crippen LogP) is 5.64. The summed E-state index contributed by atoms with van der Waals surface area (Å²) in [7, 11) is -4.39. The average Bonchev–Trinajstić information content (AvgIpc) is 3.27. The van der Waals surface area contributed by atoms with Crippen molar-refractivity contribution in [1.82, 2.24) is 5.32 Å². The number of hydrogen-bond acceptors (Lipinski definition) is 5. The van der Waals surface area contributed by atoms with Crippen molar-refractivity contribution in [3.63, 3.8) is 0 Å². The highest BCUT2D eigenvalue weighted by Gasteiger charge is 2.39. The summed E-state index contributed by atoms with van der Waals surface area (Å²) >= 11 is 0. The number of aliphatic imine (C=N–C) groups is 1. The lowest BCUT2D eigenvalue weighted by Crippen LogP contribution is -2.39. The van der Waals surface area contributed by atoms with Gasteiger partial charge in [0.25, 0.3) is 0 Å². The molecule has 2 aliphatic rings. The summed E-state index contributed by atoms with van der Waals surface area (Å²) in [6.07, 6.45) is 7.82. The first-order valence-corrected chi connectivity index (χ1v) is 17.9. The molecule has 0 aromatic heterocycles. The van der Waals surface area contributed by atoms with Crippen molar-refractivity contribution in [2.24, 2.45) is 4.99 Å². The Labute approximate surface area is 192 Å². The van der Waals surface area contributed by atoms with Crippen LogP contribution in [0.5, 0.6) is 0 Å². The molecule has 176 valence electrons. The summed E-state index contributed by atoms with van der Waals surface area (Å²) in [5.74, 6) is 0. The van der Waals surface area contributed by atoms with Crippen LogP contribution in [0.15, 0.2) is 16.3 Å². The number of nitrogens with one attached hydrogen (secondary N) is 1. The first-order valence-electron chi connectivity index (χ1n) is 12.0. The molecule has 5 nitrogen and oxygen atoms in total. The Morgan fingerprint density at radius 1 is 1.00 bits per heavy atom. The summed E-state index contributed by atoms with van der Waals surface area (Å²) in [6.45, 7) is 16.8. The van der Waals surface area contributed by atoms with Crippen molar-refractivity contribution in [3.05, 3.63) is 11.3 Å². The van der Waals surface area contributed by atoms with Gasteiger partial charge in [0.15, 0.2) is 16.6 Å². The van der Waals surface area contributed by atoms with Crippen LogP contribution in [-0.4, -0.2) is 44.0 Å². The zero-order valence-corrected chi connectivity index (χ0v) is 23.1. The van der Waals surface area contributed by atoms with E-state index in [2.05, 4.69) is 39.1 Å². The van der Waals surface area contributed by atoms with E-state index in [0.717, 1.165) is 68.3 Å². The molecule has 0 spiro atoms. The fraction of sp³-hybridized carbons (Fsp3) is 0.833. The van der Waals surface area contributed by atoms with Crippen LogP contribution in [0.2, 0.25) is 36.3 Å². The third kappa shape index (κ3) is 6.53. The van der Waals surface area contributed by atoms with Crippen molar-refractivity contribution in [1.29, 1.82) is 5.26 Å². The van der Waals surface area contributed by atoms with Crippen LogP contribution in [0.25, 0.3) is 0 Å². The van der Waals surface area contributed by atoms with Gasteiger partial charge in [0, 0.05) is 11.7 Å². The second-order valence-corrected chi connectivity index (χ2v) is 21.0. The second kappa shape index (κ2) is 9.50. The van der Waals surface area contributed by atoms with Crippen LogP contribution in [0.1, 0.15) is 79.1 Å². The molecule has 7 heteroatoms. The first-order chi connectivity index (χ1) is 14.1. The second-order valence-electron chi connectivity index (χ2n) is 12.1. The number of hydrogen-bond donors (Lipinski definition) is 3. The minimum absolute atomic E-state index is 0.0122. The van der Waals surface area contributed by atoms with Crippen LogP contribution < -0.4 is 5.32 Å². The lowest BCUT2D eigenvalue weighted by atomic mass is 10.00. The molecule has 0 unspecified atom stereocenters. The number of nitrogens with zero attached hydrogens (tertiary/aromatic N) is 2. The minimum Gasteiger partial charge on any atom is -0.432 e. The molecule has 0 aromatic carbocycles. The van der Waals surface area contributed by atoms with Gasteiger partial charge in [0.1, 0.15) is 6.07 Å². The Morgan fingerprint density at radius 2 is 1.55 bits per heavy atom. The van der Waals surface area contributed by atoms with Gasteiger partial charge in [-0.05, 0) is 87.6 Å². The number of allylic oxidation sites excluding steroid dienone is 2. The molecule has 0 bridgehead atoms. The quantitative estimate of drug-likeness (QED) is 0.305. The third-order valence-electron chi connectivity index (χ3n) is 8.41. The van der Waals surface area contributed by atoms with E-state index in [1.807, 2.05) is 26.2 Å². The van der Waals surface area contributed by atoms with E-state index >= 15 is 0 Å². The van der Waals surface area contributed by atoms with Crippen molar-refractivity contribution < 1.29 is 9.59 Å². The van der Waals surface area contributed by atoms with Crippen molar-refractivity contribution in [2.45, 2.75) is 127 Å². The maximum Gasteiger partial charge on any atom is 0.188 e.